The normalized spacial score (nSPS) is 14.8. The van der Waals surface area contributed by atoms with E-state index in [1.54, 1.807) is 16.8 Å². The molecule has 0 saturated heterocycles. The van der Waals surface area contributed by atoms with Crippen molar-refractivity contribution in [1.82, 2.24) is 14.8 Å². The molecule has 6 nitrogen and oxygen atoms in total. The molecule has 2 heterocycles. The standard InChI is InChI=1S/C24H17Cl2N5O/c25-17-11-12-18(19(26)13-17)22(32)28-23-29-24-27-20(15-7-3-1-4-8-15)14-21(31(24)30-23)16-9-5-2-6-10-16/h1-14,21H,(H2,27,28,29,30,32)/t21-/m0/s1. The summed E-state index contributed by atoms with van der Waals surface area (Å²) in [7, 11) is 0. The zero-order valence-electron chi connectivity index (χ0n) is 16.7. The smallest absolute Gasteiger partial charge is 0.259 e. The molecule has 0 saturated carbocycles. The molecule has 5 rings (SSSR count). The molecule has 1 amide bonds. The minimum absolute atomic E-state index is 0.173. The minimum Gasteiger partial charge on any atom is -0.324 e. The van der Waals surface area contributed by atoms with Crippen LogP contribution in [0.5, 0.6) is 0 Å². The van der Waals surface area contributed by atoms with Gasteiger partial charge in [0, 0.05) is 10.7 Å². The summed E-state index contributed by atoms with van der Waals surface area (Å²) in [6.45, 7) is 0. The predicted octanol–water partition coefficient (Wildman–Crippen LogP) is 5.89. The summed E-state index contributed by atoms with van der Waals surface area (Å²) in [5, 5.41) is 11.3. The first kappa shape index (κ1) is 20.3. The number of anilines is 2. The SMILES string of the molecule is O=C(Nc1nc2n(n1)[C@H](c1ccccc1)C=C(c1ccccc1)N2)c1ccc(Cl)cc1Cl. The lowest BCUT2D eigenvalue weighted by atomic mass is 10.0. The van der Waals surface area contributed by atoms with E-state index in [0.717, 1.165) is 16.8 Å². The van der Waals surface area contributed by atoms with Gasteiger partial charge in [-0.2, -0.15) is 4.98 Å². The van der Waals surface area contributed by atoms with Crippen LogP contribution < -0.4 is 10.6 Å². The van der Waals surface area contributed by atoms with Crippen LogP contribution in [0.3, 0.4) is 0 Å². The maximum atomic E-state index is 12.7. The molecular weight excluding hydrogens is 445 g/mol. The minimum atomic E-state index is -0.415. The number of hydrogen-bond acceptors (Lipinski definition) is 4. The molecule has 2 N–H and O–H groups in total. The highest BCUT2D eigenvalue weighted by Crippen LogP contribution is 2.33. The van der Waals surface area contributed by atoms with E-state index >= 15 is 0 Å². The maximum Gasteiger partial charge on any atom is 0.259 e. The Balaban J connectivity index is 1.50. The van der Waals surface area contributed by atoms with Crippen LogP contribution in [0.15, 0.2) is 84.9 Å². The monoisotopic (exact) mass is 461 g/mol. The highest BCUT2D eigenvalue weighted by molar-refractivity contribution is 6.37. The Morgan fingerprint density at radius 1 is 0.969 bits per heavy atom. The quantitative estimate of drug-likeness (QED) is 0.397. The fourth-order valence-electron chi connectivity index (χ4n) is 3.56. The van der Waals surface area contributed by atoms with Gasteiger partial charge in [0.2, 0.25) is 5.95 Å². The Kier molecular flexibility index (Phi) is 5.39. The van der Waals surface area contributed by atoms with E-state index in [4.69, 9.17) is 23.2 Å². The Morgan fingerprint density at radius 2 is 1.69 bits per heavy atom. The number of aromatic nitrogens is 3. The van der Waals surface area contributed by atoms with Crippen LogP contribution in [0.25, 0.3) is 5.70 Å². The molecule has 0 unspecified atom stereocenters. The fourth-order valence-corrected chi connectivity index (χ4v) is 4.06. The second-order valence-corrected chi connectivity index (χ2v) is 8.05. The molecule has 8 heteroatoms. The number of benzene rings is 3. The molecule has 1 aliphatic rings. The highest BCUT2D eigenvalue weighted by Gasteiger charge is 2.26. The number of rotatable bonds is 4. The lowest BCUT2D eigenvalue weighted by Gasteiger charge is -2.24. The van der Waals surface area contributed by atoms with Crippen LogP contribution in [-0.2, 0) is 0 Å². The van der Waals surface area contributed by atoms with Crippen LogP contribution in [0, 0.1) is 0 Å². The summed E-state index contributed by atoms with van der Waals surface area (Å²) in [6.07, 6.45) is 2.09. The molecule has 1 aromatic heterocycles. The molecule has 0 aliphatic carbocycles. The van der Waals surface area contributed by atoms with Gasteiger partial charge in [-0.1, -0.05) is 83.9 Å². The van der Waals surface area contributed by atoms with Gasteiger partial charge in [-0.15, -0.1) is 5.10 Å². The summed E-state index contributed by atoms with van der Waals surface area (Å²) >= 11 is 12.1. The van der Waals surface area contributed by atoms with Gasteiger partial charge in [0.05, 0.1) is 10.6 Å². The van der Waals surface area contributed by atoms with Crippen molar-refractivity contribution in [3.63, 3.8) is 0 Å². The van der Waals surface area contributed by atoms with Crippen LogP contribution in [-0.4, -0.2) is 20.7 Å². The largest absolute Gasteiger partial charge is 0.324 e. The number of hydrogen-bond donors (Lipinski definition) is 2. The van der Waals surface area contributed by atoms with Crippen LogP contribution >= 0.6 is 23.2 Å². The molecule has 32 heavy (non-hydrogen) atoms. The molecule has 1 atom stereocenters. The zero-order chi connectivity index (χ0) is 22.1. The average Bonchev–Trinajstić information content (AvgIpc) is 3.21. The van der Waals surface area contributed by atoms with E-state index in [9.17, 15) is 4.79 Å². The average molecular weight is 462 g/mol. The first-order valence-corrected chi connectivity index (χ1v) is 10.7. The van der Waals surface area contributed by atoms with Crippen molar-refractivity contribution < 1.29 is 4.79 Å². The van der Waals surface area contributed by atoms with Crippen molar-refractivity contribution in [2.24, 2.45) is 0 Å². The number of nitrogens with zero attached hydrogens (tertiary/aromatic N) is 3. The molecule has 158 valence electrons. The first-order chi connectivity index (χ1) is 15.6. The highest BCUT2D eigenvalue weighted by atomic mass is 35.5. The predicted molar refractivity (Wildman–Crippen MR) is 127 cm³/mol. The molecule has 0 fully saturated rings. The molecule has 0 spiro atoms. The summed E-state index contributed by atoms with van der Waals surface area (Å²) in [5.41, 5.74) is 3.28. The fraction of sp³-hybridized carbons (Fsp3) is 0.0417. The second-order valence-electron chi connectivity index (χ2n) is 7.21. The summed E-state index contributed by atoms with van der Waals surface area (Å²) in [4.78, 5) is 17.2. The van der Waals surface area contributed by atoms with Gasteiger partial charge < -0.3 is 5.32 Å². The van der Waals surface area contributed by atoms with Crippen molar-refractivity contribution in [3.8, 4) is 0 Å². The Labute approximate surface area is 194 Å². The lowest BCUT2D eigenvalue weighted by Crippen LogP contribution is -2.20. The number of halogens is 2. The Bertz CT molecular complexity index is 1320. The van der Waals surface area contributed by atoms with Crippen molar-refractivity contribution >= 4 is 46.7 Å². The van der Waals surface area contributed by atoms with E-state index in [1.807, 2.05) is 60.7 Å². The number of carbonyl (C=O) groups excluding carboxylic acids is 1. The van der Waals surface area contributed by atoms with Gasteiger partial charge in [0.25, 0.3) is 11.9 Å². The van der Waals surface area contributed by atoms with Gasteiger partial charge >= 0.3 is 0 Å². The molecule has 0 radical (unpaired) electrons. The van der Waals surface area contributed by atoms with Gasteiger partial charge in [-0.25, -0.2) is 4.68 Å². The molecule has 0 bridgehead atoms. The van der Waals surface area contributed by atoms with E-state index in [1.165, 1.54) is 6.07 Å². The Morgan fingerprint density at radius 3 is 2.41 bits per heavy atom. The van der Waals surface area contributed by atoms with Gasteiger partial charge in [0.15, 0.2) is 0 Å². The van der Waals surface area contributed by atoms with Crippen molar-refractivity contribution in [3.05, 3.63) is 112 Å². The Hall–Kier alpha value is -3.61. The van der Waals surface area contributed by atoms with E-state index < -0.39 is 5.91 Å². The number of nitrogens with one attached hydrogen (secondary N) is 2. The maximum absolute atomic E-state index is 12.7. The molecule has 3 aromatic carbocycles. The summed E-state index contributed by atoms with van der Waals surface area (Å²) in [5.74, 6) is 0.284. The molecular formula is C24H17Cl2N5O. The second kappa shape index (κ2) is 8.49. The van der Waals surface area contributed by atoms with Gasteiger partial charge in [-0.05, 0) is 35.4 Å². The van der Waals surface area contributed by atoms with E-state index in [-0.39, 0.29) is 17.0 Å². The van der Waals surface area contributed by atoms with Gasteiger partial charge in [0.1, 0.15) is 6.04 Å². The molecule has 1 aliphatic heterocycles. The van der Waals surface area contributed by atoms with Crippen molar-refractivity contribution in [2.45, 2.75) is 6.04 Å². The third kappa shape index (κ3) is 3.98. The van der Waals surface area contributed by atoms with Gasteiger partial charge in [-0.3, -0.25) is 10.1 Å². The number of allylic oxidation sites excluding steroid dienone is 1. The van der Waals surface area contributed by atoms with Crippen LogP contribution in [0.4, 0.5) is 11.9 Å². The number of amides is 1. The summed E-state index contributed by atoms with van der Waals surface area (Å²) in [6, 6.07) is 24.5. The first-order valence-electron chi connectivity index (χ1n) is 9.90. The lowest BCUT2D eigenvalue weighted by molar-refractivity contribution is 0.102. The van der Waals surface area contributed by atoms with E-state index in [0.29, 0.717) is 16.5 Å². The zero-order valence-corrected chi connectivity index (χ0v) is 18.2. The topological polar surface area (TPSA) is 71.8 Å². The third-order valence-electron chi connectivity index (χ3n) is 5.09. The molecule has 4 aromatic rings. The number of fused-ring (bicyclic) bond motifs is 1. The number of carbonyl (C=O) groups is 1. The van der Waals surface area contributed by atoms with Crippen LogP contribution in [0.1, 0.15) is 27.5 Å². The third-order valence-corrected chi connectivity index (χ3v) is 5.64. The van der Waals surface area contributed by atoms with Crippen molar-refractivity contribution in [1.29, 1.82) is 0 Å². The summed E-state index contributed by atoms with van der Waals surface area (Å²) < 4.78 is 1.75. The van der Waals surface area contributed by atoms with E-state index in [2.05, 4.69) is 26.8 Å². The van der Waals surface area contributed by atoms with Crippen molar-refractivity contribution in [2.75, 3.05) is 10.6 Å². The van der Waals surface area contributed by atoms with Crippen LogP contribution in [0.2, 0.25) is 10.0 Å².